The maximum absolute atomic E-state index is 11.2. The number of nitrogens with zero attached hydrogens (tertiary/aromatic N) is 3. The van der Waals surface area contributed by atoms with Crippen LogP contribution in [0.4, 0.5) is 0 Å². The van der Waals surface area contributed by atoms with Crippen molar-refractivity contribution < 1.29 is 23.9 Å². The van der Waals surface area contributed by atoms with Gasteiger partial charge in [0.1, 0.15) is 5.78 Å². The molecule has 0 saturated carbocycles. The lowest BCUT2D eigenvalue weighted by Gasteiger charge is -2.25. The summed E-state index contributed by atoms with van der Waals surface area (Å²) in [6, 6.07) is 6.69. The SMILES string of the molecule is CC.CCCC.CCCCN(C=O)CCCC.CCN1CC(c2ccc3c(c2)OCO3)CC1CCN(C=O)CCC(C)=O. The van der Waals surface area contributed by atoms with E-state index in [4.69, 9.17) is 9.47 Å². The van der Waals surface area contributed by atoms with Gasteiger partial charge in [0.05, 0.1) is 0 Å². The number of likely N-dealkylation sites (tertiary alicyclic amines) is 1. The van der Waals surface area contributed by atoms with Gasteiger partial charge in [0.25, 0.3) is 0 Å². The van der Waals surface area contributed by atoms with Gasteiger partial charge in [-0.2, -0.15) is 0 Å². The molecule has 3 rings (SSSR count). The first-order valence-electron chi connectivity index (χ1n) is 16.9. The average Bonchev–Trinajstić information content (AvgIpc) is 3.69. The predicted molar refractivity (Wildman–Crippen MR) is 178 cm³/mol. The van der Waals surface area contributed by atoms with E-state index in [1.165, 1.54) is 18.4 Å². The number of hydrogen-bond acceptors (Lipinski definition) is 6. The molecule has 8 heteroatoms. The van der Waals surface area contributed by atoms with Crippen molar-refractivity contribution in [2.45, 2.75) is 125 Å². The van der Waals surface area contributed by atoms with Gasteiger partial charge < -0.3 is 19.3 Å². The van der Waals surface area contributed by atoms with Gasteiger partial charge in [-0.05, 0) is 62.8 Å². The normalized spacial score (nSPS) is 16.5. The van der Waals surface area contributed by atoms with Crippen LogP contribution >= 0.6 is 0 Å². The van der Waals surface area contributed by atoms with E-state index < -0.39 is 0 Å². The number of unbranched alkanes of at least 4 members (excludes halogenated alkanes) is 3. The molecule has 248 valence electrons. The van der Waals surface area contributed by atoms with Gasteiger partial charge >= 0.3 is 0 Å². The van der Waals surface area contributed by atoms with E-state index in [2.05, 4.69) is 51.7 Å². The van der Waals surface area contributed by atoms with Crippen molar-refractivity contribution in [3.05, 3.63) is 23.8 Å². The number of likely N-dealkylation sites (N-methyl/N-ethyl adjacent to an activating group) is 1. The van der Waals surface area contributed by atoms with Crippen LogP contribution in [-0.4, -0.2) is 85.4 Å². The van der Waals surface area contributed by atoms with Crippen molar-refractivity contribution in [1.82, 2.24) is 14.7 Å². The van der Waals surface area contributed by atoms with E-state index in [0.717, 1.165) is 89.0 Å². The molecule has 0 aromatic heterocycles. The number of ketones is 1. The van der Waals surface area contributed by atoms with Crippen LogP contribution in [0.15, 0.2) is 18.2 Å². The zero-order chi connectivity index (χ0) is 32.5. The molecule has 0 radical (unpaired) electrons. The second-order valence-electron chi connectivity index (χ2n) is 11.0. The molecule has 2 atom stereocenters. The van der Waals surface area contributed by atoms with Gasteiger partial charge in [-0.1, -0.05) is 80.2 Å². The topological polar surface area (TPSA) is 79.4 Å². The Kier molecular flexibility index (Phi) is 24.3. The fourth-order valence-electron chi connectivity index (χ4n) is 4.85. The molecule has 0 N–H and O–H groups in total. The number of rotatable bonds is 17. The van der Waals surface area contributed by atoms with Crippen molar-refractivity contribution in [3.8, 4) is 11.5 Å². The monoisotopic (exact) mass is 605 g/mol. The van der Waals surface area contributed by atoms with E-state index in [9.17, 15) is 14.4 Å². The quantitative estimate of drug-likeness (QED) is 0.173. The number of carbonyl (C=O) groups excluding carboxylic acids is 3. The van der Waals surface area contributed by atoms with E-state index in [1.807, 2.05) is 24.8 Å². The van der Waals surface area contributed by atoms with Crippen molar-refractivity contribution in [2.24, 2.45) is 0 Å². The maximum Gasteiger partial charge on any atom is 0.231 e. The summed E-state index contributed by atoms with van der Waals surface area (Å²) in [7, 11) is 0. The highest BCUT2D eigenvalue weighted by Gasteiger charge is 2.32. The molecule has 1 saturated heterocycles. The lowest BCUT2D eigenvalue weighted by molar-refractivity contribution is -0.120. The van der Waals surface area contributed by atoms with Crippen molar-refractivity contribution in [1.29, 1.82) is 0 Å². The number of benzene rings is 1. The highest BCUT2D eigenvalue weighted by Crippen LogP contribution is 2.39. The third kappa shape index (κ3) is 16.7. The van der Waals surface area contributed by atoms with Crippen molar-refractivity contribution in [3.63, 3.8) is 0 Å². The standard InChI is InChI=1S/C20H28N2O4.C9H19NO.C4H10.C2H6/c1-3-22-12-17(16-4-5-19-20(11-16)26-14-25-19)10-18(22)7-9-21(13-23)8-6-15(2)24;1-3-5-7-10(9-11)8-6-4-2;1-3-4-2;1-2/h4-5,11,13,17-18H,3,6-10,12,14H2,1-2H3;9H,3-8H2,1-2H3;3-4H2,1-2H3;1-2H3. The number of fused-ring (bicyclic) bond motifs is 1. The molecule has 2 heterocycles. The molecule has 0 spiro atoms. The van der Waals surface area contributed by atoms with Crippen LogP contribution in [-0.2, 0) is 14.4 Å². The molecule has 2 amide bonds. The van der Waals surface area contributed by atoms with Gasteiger partial charge in [0.15, 0.2) is 11.5 Å². The van der Waals surface area contributed by atoms with E-state index in [-0.39, 0.29) is 5.78 Å². The minimum Gasteiger partial charge on any atom is -0.454 e. The number of Topliss-reactive ketones (excluding diaryl/α,β-unsaturated/α-hetero) is 1. The Morgan fingerprint density at radius 1 is 0.860 bits per heavy atom. The summed E-state index contributed by atoms with van der Waals surface area (Å²) in [5.41, 5.74) is 1.29. The van der Waals surface area contributed by atoms with Crippen LogP contribution in [0.2, 0.25) is 0 Å². The van der Waals surface area contributed by atoms with Crippen LogP contribution < -0.4 is 9.47 Å². The Morgan fingerprint density at radius 3 is 1.95 bits per heavy atom. The molecule has 1 aromatic rings. The second kappa shape index (κ2) is 25.8. The number of carbonyl (C=O) groups is 3. The van der Waals surface area contributed by atoms with Gasteiger partial charge in [-0.25, -0.2) is 0 Å². The Labute approximate surface area is 263 Å². The molecule has 1 aromatic carbocycles. The molecule has 43 heavy (non-hydrogen) atoms. The van der Waals surface area contributed by atoms with E-state index in [0.29, 0.717) is 38.3 Å². The number of ether oxygens (including phenoxy) is 2. The summed E-state index contributed by atoms with van der Waals surface area (Å²) in [4.78, 5) is 38.9. The smallest absolute Gasteiger partial charge is 0.231 e. The average molecular weight is 606 g/mol. The summed E-state index contributed by atoms with van der Waals surface area (Å²) in [6.07, 6.45) is 11.5. The lowest BCUT2D eigenvalue weighted by Crippen LogP contribution is -2.34. The van der Waals surface area contributed by atoms with Crippen LogP contribution in [0.3, 0.4) is 0 Å². The second-order valence-corrected chi connectivity index (χ2v) is 11.0. The first-order chi connectivity index (χ1) is 20.9. The highest BCUT2D eigenvalue weighted by molar-refractivity contribution is 5.75. The Balaban J connectivity index is 0.000000866. The fraction of sp³-hybridized carbons (Fsp3) is 0.743. The molecular weight excluding hydrogens is 542 g/mol. The molecule has 1 fully saturated rings. The Bertz CT molecular complexity index is 856. The molecule has 0 bridgehead atoms. The zero-order valence-corrected chi connectivity index (χ0v) is 28.7. The van der Waals surface area contributed by atoms with Crippen molar-refractivity contribution >= 4 is 18.6 Å². The highest BCUT2D eigenvalue weighted by atomic mass is 16.7. The first-order valence-corrected chi connectivity index (χ1v) is 16.9. The summed E-state index contributed by atoms with van der Waals surface area (Å²) in [6.45, 7) is 21.8. The molecular formula is C35H63N3O5. The van der Waals surface area contributed by atoms with E-state index in [1.54, 1.807) is 11.8 Å². The predicted octanol–water partition coefficient (Wildman–Crippen LogP) is 7.30. The van der Waals surface area contributed by atoms with E-state index >= 15 is 0 Å². The Morgan fingerprint density at radius 2 is 1.44 bits per heavy atom. The van der Waals surface area contributed by atoms with Crippen LogP contribution in [0.25, 0.3) is 0 Å². The van der Waals surface area contributed by atoms with Crippen LogP contribution in [0.1, 0.15) is 125 Å². The zero-order valence-electron chi connectivity index (χ0n) is 28.7. The molecule has 2 unspecified atom stereocenters. The minimum absolute atomic E-state index is 0.121. The van der Waals surface area contributed by atoms with Crippen LogP contribution in [0.5, 0.6) is 11.5 Å². The summed E-state index contributed by atoms with van der Waals surface area (Å²) in [5.74, 6) is 2.25. The first kappa shape index (κ1) is 40.4. The minimum atomic E-state index is 0.121. The lowest BCUT2D eigenvalue weighted by atomic mass is 9.95. The summed E-state index contributed by atoms with van der Waals surface area (Å²) < 4.78 is 10.9. The van der Waals surface area contributed by atoms with Gasteiger partial charge in [0.2, 0.25) is 19.6 Å². The molecule has 2 aliphatic heterocycles. The summed E-state index contributed by atoms with van der Waals surface area (Å²) in [5, 5.41) is 0. The third-order valence-corrected chi connectivity index (χ3v) is 7.70. The molecule has 8 nitrogen and oxygen atoms in total. The fourth-order valence-corrected chi connectivity index (χ4v) is 4.85. The van der Waals surface area contributed by atoms with Crippen LogP contribution in [0, 0.1) is 0 Å². The largest absolute Gasteiger partial charge is 0.454 e. The van der Waals surface area contributed by atoms with Gasteiger partial charge in [-0.3, -0.25) is 19.3 Å². The van der Waals surface area contributed by atoms with Gasteiger partial charge in [0, 0.05) is 45.2 Å². The Hall–Kier alpha value is -2.61. The third-order valence-electron chi connectivity index (χ3n) is 7.70. The number of amides is 2. The molecule has 2 aliphatic rings. The van der Waals surface area contributed by atoms with Crippen molar-refractivity contribution in [2.75, 3.05) is 46.1 Å². The number of hydrogen-bond donors (Lipinski definition) is 0. The summed E-state index contributed by atoms with van der Waals surface area (Å²) >= 11 is 0. The van der Waals surface area contributed by atoms with Gasteiger partial charge in [-0.15, -0.1) is 0 Å². The maximum atomic E-state index is 11.2. The molecule has 0 aliphatic carbocycles.